The Labute approximate surface area is 140 Å². The number of hydrogen-bond donors (Lipinski definition) is 0. The number of hydrogen-bond acceptors (Lipinski definition) is 3. The van der Waals surface area contributed by atoms with Crippen LogP contribution in [0.3, 0.4) is 0 Å². The van der Waals surface area contributed by atoms with Crippen molar-refractivity contribution in [3.05, 3.63) is 54.2 Å². The lowest BCUT2D eigenvalue weighted by Gasteiger charge is -2.25. The van der Waals surface area contributed by atoms with Gasteiger partial charge >= 0.3 is 0 Å². The summed E-state index contributed by atoms with van der Waals surface area (Å²) in [5.74, 6) is 0.998. The van der Waals surface area contributed by atoms with Gasteiger partial charge in [0, 0.05) is 25.0 Å². The summed E-state index contributed by atoms with van der Waals surface area (Å²) in [5, 5.41) is 0. The lowest BCUT2D eigenvalue weighted by atomic mass is 10.1. The van der Waals surface area contributed by atoms with Crippen molar-refractivity contribution in [2.75, 3.05) is 25.0 Å². The van der Waals surface area contributed by atoms with Gasteiger partial charge in [0.25, 0.3) is 0 Å². The molecule has 0 amide bonds. The average Bonchev–Trinajstić information content (AvgIpc) is 3.08. The summed E-state index contributed by atoms with van der Waals surface area (Å²) in [6.45, 7) is 4.71. The predicted octanol–water partition coefficient (Wildman–Crippen LogP) is 4.79. The van der Waals surface area contributed by atoms with Gasteiger partial charge in [0.05, 0.1) is 0 Å². The predicted molar refractivity (Wildman–Crippen MR) is 97.2 cm³/mol. The Balaban J connectivity index is 1.72. The van der Waals surface area contributed by atoms with Crippen LogP contribution in [0, 0.1) is 0 Å². The molecule has 0 saturated carbocycles. The van der Waals surface area contributed by atoms with Gasteiger partial charge in [0.2, 0.25) is 0 Å². The van der Waals surface area contributed by atoms with Crippen molar-refractivity contribution in [2.24, 2.45) is 0 Å². The average molecular weight is 309 g/mol. The largest absolute Gasteiger partial charge is 0.329 e. The zero-order chi connectivity index (χ0) is 16.1. The van der Waals surface area contributed by atoms with Crippen LogP contribution in [0.25, 0.3) is 0 Å². The van der Waals surface area contributed by atoms with Gasteiger partial charge in [-0.25, -0.2) is 4.98 Å². The lowest BCUT2D eigenvalue weighted by molar-refractivity contribution is 0.253. The quantitative estimate of drug-likeness (QED) is 0.765. The minimum absolute atomic E-state index is 0.560. The van der Waals surface area contributed by atoms with E-state index in [-0.39, 0.29) is 0 Å². The van der Waals surface area contributed by atoms with E-state index in [0.717, 1.165) is 11.5 Å². The maximum absolute atomic E-state index is 4.71. The summed E-state index contributed by atoms with van der Waals surface area (Å²) in [4.78, 5) is 9.47. The molecule has 1 aliphatic rings. The van der Waals surface area contributed by atoms with Crippen molar-refractivity contribution >= 4 is 11.5 Å². The summed E-state index contributed by atoms with van der Waals surface area (Å²) in [7, 11) is 2.07. The second-order valence-corrected chi connectivity index (χ2v) is 6.39. The Morgan fingerprint density at radius 1 is 1.17 bits per heavy atom. The van der Waals surface area contributed by atoms with E-state index in [9.17, 15) is 0 Å². The molecule has 23 heavy (non-hydrogen) atoms. The number of aromatic nitrogens is 1. The summed E-state index contributed by atoms with van der Waals surface area (Å²) in [5.41, 5.74) is 2.53. The summed E-state index contributed by atoms with van der Waals surface area (Å²) in [6.07, 6.45) is 7.20. The number of pyridine rings is 1. The molecule has 1 fully saturated rings. The van der Waals surface area contributed by atoms with E-state index >= 15 is 0 Å². The fourth-order valence-corrected chi connectivity index (χ4v) is 3.41. The molecule has 1 aliphatic heterocycles. The van der Waals surface area contributed by atoms with E-state index in [4.69, 9.17) is 4.98 Å². The molecular weight excluding hydrogens is 282 g/mol. The maximum atomic E-state index is 4.71. The van der Waals surface area contributed by atoms with Crippen LogP contribution in [0.15, 0.2) is 48.7 Å². The first kappa shape index (κ1) is 16.0. The topological polar surface area (TPSA) is 19.4 Å². The molecule has 2 aromatic rings. The van der Waals surface area contributed by atoms with Crippen molar-refractivity contribution in [3.63, 3.8) is 0 Å². The number of rotatable bonds is 6. The first-order chi connectivity index (χ1) is 11.3. The Kier molecular flexibility index (Phi) is 5.29. The Hall–Kier alpha value is -1.87. The molecule has 3 nitrogen and oxygen atoms in total. The van der Waals surface area contributed by atoms with E-state index in [1.165, 1.54) is 44.3 Å². The van der Waals surface area contributed by atoms with Crippen molar-refractivity contribution in [3.8, 4) is 0 Å². The highest BCUT2D eigenvalue weighted by molar-refractivity contribution is 5.58. The first-order valence-corrected chi connectivity index (χ1v) is 8.78. The molecule has 0 spiro atoms. The zero-order valence-corrected chi connectivity index (χ0v) is 14.3. The van der Waals surface area contributed by atoms with Crippen LogP contribution in [0.2, 0.25) is 0 Å². The molecule has 0 bridgehead atoms. The number of likely N-dealkylation sites (tertiary alicyclic amines) is 1. The van der Waals surface area contributed by atoms with Crippen LogP contribution in [-0.4, -0.2) is 30.0 Å². The van der Waals surface area contributed by atoms with Gasteiger partial charge in [-0.3, -0.25) is 4.90 Å². The summed E-state index contributed by atoms with van der Waals surface area (Å²) >= 11 is 0. The van der Waals surface area contributed by atoms with E-state index in [2.05, 4.69) is 66.4 Å². The second-order valence-electron chi connectivity index (χ2n) is 6.39. The van der Waals surface area contributed by atoms with E-state index < -0.39 is 0 Å². The molecule has 1 saturated heterocycles. The molecule has 3 heteroatoms. The smallest absolute Gasteiger partial charge is 0.132 e. The molecular formula is C20H27N3. The molecule has 0 N–H and O–H groups in total. The van der Waals surface area contributed by atoms with Gasteiger partial charge in [0.1, 0.15) is 5.82 Å². The second kappa shape index (κ2) is 7.60. The molecule has 0 radical (unpaired) electrons. The van der Waals surface area contributed by atoms with Gasteiger partial charge in [-0.15, -0.1) is 0 Å². The summed E-state index contributed by atoms with van der Waals surface area (Å²) in [6, 6.07) is 15.4. The van der Waals surface area contributed by atoms with Gasteiger partial charge in [0.15, 0.2) is 0 Å². The minimum Gasteiger partial charge on any atom is -0.329 e. The van der Waals surface area contributed by atoms with Crippen molar-refractivity contribution in [1.82, 2.24) is 9.88 Å². The molecule has 2 heterocycles. The zero-order valence-electron chi connectivity index (χ0n) is 14.3. The van der Waals surface area contributed by atoms with E-state index in [1.54, 1.807) is 0 Å². The fourth-order valence-electron chi connectivity index (χ4n) is 3.41. The highest BCUT2D eigenvalue weighted by atomic mass is 15.2. The standard InChI is InChI=1S/C20H27N3/c1-3-4-14-23-15-8-11-19(23)17-12-13-20(21-16-17)22(2)18-9-6-5-7-10-18/h5-7,9-10,12-13,16,19H,3-4,8,11,14-15H2,1-2H3/t19-/m1/s1. The van der Waals surface area contributed by atoms with Gasteiger partial charge in [-0.1, -0.05) is 37.6 Å². The van der Waals surface area contributed by atoms with Gasteiger partial charge < -0.3 is 4.90 Å². The maximum Gasteiger partial charge on any atom is 0.132 e. The van der Waals surface area contributed by atoms with Crippen molar-refractivity contribution in [2.45, 2.75) is 38.6 Å². The molecule has 3 rings (SSSR count). The Morgan fingerprint density at radius 2 is 2.00 bits per heavy atom. The molecule has 1 atom stereocenters. The summed E-state index contributed by atoms with van der Waals surface area (Å²) < 4.78 is 0. The number of unbranched alkanes of at least 4 members (excludes halogenated alkanes) is 1. The Morgan fingerprint density at radius 3 is 2.70 bits per heavy atom. The van der Waals surface area contributed by atoms with E-state index in [1.807, 2.05) is 6.07 Å². The first-order valence-electron chi connectivity index (χ1n) is 8.78. The van der Waals surface area contributed by atoms with Crippen LogP contribution >= 0.6 is 0 Å². The monoisotopic (exact) mass is 309 g/mol. The molecule has 0 unspecified atom stereocenters. The third-order valence-electron chi connectivity index (χ3n) is 4.81. The van der Waals surface area contributed by atoms with Crippen LogP contribution in [0.4, 0.5) is 11.5 Å². The molecule has 122 valence electrons. The van der Waals surface area contributed by atoms with Crippen molar-refractivity contribution < 1.29 is 0 Å². The highest BCUT2D eigenvalue weighted by Gasteiger charge is 2.25. The van der Waals surface area contributed by atoms with Crippen LogP contribution in [0.5, 0.6) is 0 Å². The molecule has 1 aromatic heterocycles. The normalized spacial score (nSPS) is 18.3. The third-order valence-corrected chi connectivity index (χ3v) is 4.81. The van der Waals surface area contributed by atoms with Crippen LogP contribution in [-0.2, 0) is 0 Å². The minimum atomic E-state index is 0.560. The Bertz CT molecular complexity index is 594. The number of anilines is 2. The van der Waals surface area contributed by atoms with Crippen molar-refractivity contribution in [1.29, 1.82) is 0 Å². The number of benzene rings is 1. The van der Waals surface area contributed by atoms with Gasteiger partial charge in [-0.05, 0) is 56.1 Å². The third kappa shape index (κ3) is 3.73. The van der Waals surface area contributed by atoms with Gasteiger partial charge in [-0.2, -0.15) is 0 Å². The number of nitrogens with zero attached hydrogens (tertiary/aromatic N) is 3. The molecule has 1 aromatic carbocycles. The molecule has 0 aliphatic carbocycles. The SMILES string of the molecule is CCCCN1CCC[C@@H]1c1ccc(N(C)c2ccccc2)nc1. The lowest BCUT2D eigenvalue weighted by Crippen LogP contribution is -2.24. The van der Waals surface area contributed by atoms with Crippen LogP contribution < -0.4 is 4.90 Å². The fraction of sp³-hybridized carbons (Fsp3) is 0.450. The highest BCUT2D eigenvalue weighted by Crippen LogP contribution is 2.32. The van der Waals surface area contributed by atoms with E-state index in [0.29, 0.717) is 6.04 Å². The van der Waals surface area contributed by atoms with Crippen LogP contribution in [0.1, 0.15) is 44.2 Å². The number of para-hydroxylation sites is 1.